The fourth-order valence-corrected chi connectivity index (χ4v) is 1.53. The quantitative estimate of drug-likeness (QED) is 0.589. The van der Waals surface area contributed by atoms with Gasteiger partial charge in [-0.3, -0.25) is 9.52 Å². The van der Waals surface area contributed by atoms with Gasteiger partial charge in [-0.25, -0.2) is 0 Å². The summed E-state index contributed by atoms with van der Waals surface area (Å²) in [5.41, 5.74) is 1.09. The maximum absolute atomic E-state index is 11.6. The highest BCUT2D eigenvalue weighted by Crippen LogP contribution is 2.05. The summed E-state index contributed by atoms with van der Waals surface area (Å²) in [5.74, 6) is -0.249. The van der Waals surface area contributed by atoms with E-state index < -0.39 is 6.04 Å². The first-order valence-corrected chi connectivity index (χ1v) is 5.82. The average Bonchev–Trinajstić information content (AvgIpc) is 2.34. The molecule has 1 rings (SSSR count). The molecule has 4 heteroatoms. The molecule has 0 heterocycles. The van der Waals surface area contributed by atoms with E-state index in [1.807, 2.05) is 37.3 Å². The van der Waals surface area contributed by atoms with E-state index >= 15 is 0 Å². The molecule has 0 saturated carbocycles. The molecule has 1 aromatic carbocycles. The molecule has 0 amide bonds. The van der Waals surface area contributed by atoms with Gasteiger partial charge >= 0.3 is 5.97 Å². The number of hydrogen-bond acceptors (Lipinski definition) is 4. The second-order valence-corrected chi connectivity index (χ2v) is 3.80. The minimum absolute atomic E-state index is 0.249. The van der Waals surface area contributed by atoms with Gasteiger partial charge in [0.15, 0.2) is 0 Å². The van der Waals surface area contributed by atoms with Crippen molar-refractivity contribution in [2.24, 2.45) is 0 Å². The summed E-state index contributed by atoms with van der Waals surface area (Å²) >= 11 is 3.96. The molecule has 0 aromatic heterocycles. The first-order valence-electron chi connectivity index (χ1n) is 5.38. The number of carbonyl (C=O) groups excluding carboxylic acids is 1. The number of benzene rings is 1. The van der Waals surface area contributed by atoms with Crippen molar-refractivity contribution in [1.82, 2.24) is 4.72 Å². The molecule has 0 aliphatic carbocycles. The third-order valence-electron chi connectivity index (χ3n) is 2.17. The summed E-state index contributed by atoms with van der Waals surface area (Å²) < 4.78 is 7.75. The summed E-state index contributed by atoms with van der Waals surface area (Å²) in [4.78, 5) is 11.6. The first kappa shape index (κ1) is 13.1. The van der Waals surface area contributed by atoms with Crippen molar-refractivity contribution >= 4 is 18.8 Å². The molecule has 0 spiro atoms. The fraction of sp³-hybridized carbons (Fsp3) is 0.417. The number of rotatable bonds is 6. The smallest absolute Gasteiger partial charge is 0.324 e. The van der Waals surface area contributed by atoms with Crippen LogP contribution in [0, 0.1) is 0 Å². The highest BCUT2D eigenvalue weighted by atomic mass is 32.1. The maximum atomic E-state index is 11.6. The van der Waals surface area contributed by atoms with E-state index in [9.17, 15) is 4.79 Å². The molecule has 1 N–H and O–H groups in total. The van der Waals surface area contributed by atoms with E-state index in [0.717, 1.165) is 12.0 Å². The molecule has 0 aliphatic heterocycles. The normalized spacial score (nSPS) is 12.1. The Labute approximate surface area is 102 Å². The van der Waals surface area contributed by atoms with Crippen LogP contribution in [0.25, 0.3) is 0 Å². The Hall–Kier alpha value is -1.00. The standard InChI is InChI=1S/C12H17NO2S/c1-2-8-15-12(14)11(13-16)9-10-6-4-3-5-7-10/h3-7,11,13,16H,2,8-9H2,1H3/t11-/m0/s1. The monoisotopic (exact) mass is 239 g/mol. The van der Waals surface area contributed by atoms with Gasteiger partial charge in [-0.05, 0) is 18.4 Å². The van der Waals surface area contributed by atoms with Crippen LogP contribution in [-0.4, -0.2) is 18.6 Å². The van der Waals surface area contributed by atoms with Crippen molar-refractivity contribution in [3.8, 4) is 0 Å². The highest BCUT2D eigenvalue weighted by Gasteiger charge is 2.18. The van der Waals surface area contributed by atoms with Crippen molar-refractivity contribution in [1.29, 1.82) is 0 Å². The van der Waals surface area contributed by atoms with Crippen LogP contribution in [0.1, 0.15) is 18.9 Å². The lowest BCUT2D eigenvalue weighted by Gasteiger charge is -2.14. The molecule has 0 radical (unpaired) electrons. The van der Waals surface area contributed by atoms with E-state index in [4.69, 9.17) is 4.74 Å². The lowest BCUT2D eigenvalue weighted by molar-refractivity contribution is -0.145. The lowest BCUT2D eigenvalue weighted by atomic mass is 10.1. The number of nitrogens with one attached hydrogen (secondary N) is 1. The van der Waals surface area contributed by atoms with Crippen LogP contribution >= 0.6 is 12.8 Å². The molecule has 16 heavy (non-hydrogen) atoms. The number of hydrogen-bond donors (Lipinski definition) is 2. The Kier molecular flexibility index (Phi) is 5.96. The van der Waals surface area contributed by atoms with E-state index in [-0.39, 0.29) is 5.97 Å². The van der Waals surface area contributed by atoms with Gasteiger partial charge in [-0.15, -0.1) is 0 Å². The molecule has 88 valence electrons. The number of thiol groups is 1. The minimum atomic E-state index is -0.391. The van der Waals surface area contributed by atoms with E-state index in [0.29, 0.717) is 13.0 Å². The molecule has 0 aliphatic rings. The minimum Gasteiger partial charge on any atom is -0.465 e. The maximum Gasteiger partial charge on any atom is 0.324 e. The van der Waals surface area contributed by atoms with Gasteiger partial charge in [0.2, 0.25) is 0 Å². The van der Waals surface area contributed by atoms with E-state index in [1.54, 1.807) is 0 Å². The molecular formula is C12H17NO2S. The summed E-state index contributed by atoms with van der Waals surface area (Å²) in [6.45, 7) is 2.42. The van der Waals surface area contributed by atoms with Crippen LogP contribution in [0.15, 0.2) is 30.3 Å². The van der Waals surface area contributed by atoms with Gasteiger partial charge in [0.1, 0.15) is 6.04 Å². The highest BCUT2D eigenvalue weighted by molar-refractivity contribution is 7.78. The molecule has 0 bridgehead atoms. The Morgan fingerprint density at radius 3 is 2.69 bits per heavy atom. The Morgan fingerprint density at radius 2 is 2.12 bits per heavy atom. The topological polar surface area (TPSA) is 38.3 Å². The summed E-state index contributed by atoms with van der Waals surface area (Å²) in [5, 5.41) is 0. The summed E-state index contributed by atoms with van der Waals surface area (Å²) in [7, 11) is 0. The molecule has 3 nitrogen and oxygen atoms in total. The number of esters is 1. The third kappa shape index (κ3) is 4.24. The average molecular weight is 239 g/mol. The predicted octanol–water partition coefficient (Wildman–Crippen LogP) is 1.99. The molecule has 1 aromatic rings. The molecular weight excluding hydrogens is 222 g/mol. The van der Waals surface area contributed by atoms with Crippen molar-refractivity contribution in [3.05, 3.63) is 35.9 Å². The Morgan fingerprint density at radius 1 is 1.44 bits per heavy atom. The van der Waals surface area contributed by atoms with Crippen LogP contribution in [0.2, 0.25) is 0 Å². The van der Waals surface area contributed by atoms with Gasteiger partial charge < -0.3 is 4.74 Å². The largest absolute Gasteiger partial charge is 0.465 e. The van der Waals surface area contributed by atoms with E-state index in [2.05, 4.69) is 17.5 Å². The number of carbonyl (C=O) groups is 1. The first-order chi connectivity index (χ1) is 7.77. The van der Waals surface area contributed by atoms with Gasteiger partial charge in [0, 0.05) is 0 Å². The lowest BCUT2D eigenvalue weighted by Crippen LogP contribution is -2.34. The van der Waals surface area contributed by atoms with Crippen molar-refractivity contribution < 1.29 is 9.53 Å². The SMILES string of the molecule is CCCOC(=O)[C@H](Cc1ccccc1)NS. The van der Waals surface area contributed by atoms with Gasteiger partial charge in [0.25, 0.3) is 0 Å². The van der Waals surface area contributed by atoms with Crippen LogP contribution in [-0.2, 0) is 16.0 Å². The second-order valence-electron chi connectivity index (χ2n) is 3.54. The molecule has 0 fully saturated rings. The van der Waals surface area contributed by atoms with Crippen LogP contribution in [0.3, 0.4) is 0 Å². The second kappa shape index (κ2) is 7.30. The zero-order valence-electron chi connectivity index (χ0n) is 9.35. The molecule has 0 saturated heterocycles. The van der Waals surface area contributed by atoms with E-state index in [1.165, 1.54) is 0 Å². The Balaban J connectivity index is 2.52. The molecule has 1 atom stereocenters. The summed E-state index contributed by atoms with van der Waals surface area (Å²) in [6, 6.07) is 9.40. The van der Waals surface area contributed by atoms with Gasteiger partial charge in [-0.1, -0.05) is 50.1 Å². The fourth-order valence-electron chi connectivity index (χ4n) is 1.33. The van der Waals surface area contributed by atoms with Crippen molar-refractivity contribution in [2.45, 2.75) is 25.8 Å². The van der Waals surface area contributed by atoms with Crippen molar-refractivity contribution in [2.75, 3.05) is 6.61 Å². The Bertz CT molecular complexity index is 316. The predicted molar refractivity (Wildman–Crippen MR) is 67.3 cm³/mol. The van der Waals surface area contributed by atoms with Crippen LogP contribution in [0.5, 0.6) is 0 Å². The van der Waals surface area contributed by atoms with Gasteiger partial charge in [-0.2, -0.15) is 0 Å². The van der Waals surface area contributed by atoms with Crippen molar-refractivity contribution in [3.63, 3.8) is 0 Å². The third-order valence-corrected chi connectivity index (χ3v) is 2.48. The zero-order valence-corrected chi connectivity index (χ0v) is 10.2. The molecule has 0 unspecified atom stereocenters. The van der Waals surface area contributed by atoms with Gasteiger partial charge in [0.05, 0.1) is 6.61 Å². The summed E-state index contributed by atoms with van der Waals surface area (Å²) in [6.07, 6.45) is 1.42. The zero-order chi connectivity index (χ0) is 11.8. The van der Waals surface area contributed by atoms with Crippen LogP contribution in [0.4, 0.5) is 0 Å². The number of ether oxygens (including phenoxy) is 1. The van der Waals surface area contributed by atoms with Crippen LogP contribution < -0.4 is 4.72 Å².